The van der Waals surface area contributed by atoms with Crippen molar-refractivity contribution >= 4 is 10.8 Å². The number of aromatic hydroxyl groups is 1. The molecule has 0 radical (unpaired) electrons. The smallest absolute Gasteiger partial charge is 0.119 e. The SMILES string of the molecule is C=C(C)Cc1c(O)ccc2ccccc12. The third-order valence-electron chi connectivity index (χ3n) is 2.49. The Morgan fingerprint density at radius 2 is 1.93 bits per heavy atom. The van der Waals surface area contributed by atoms with E-state index in [4.69, 9.17) is 0 Å². The van der Waals surface area contributed by atoms with Crippen LogP contribution in [0.3, 0.4) is 0 Å². The fourth-order valence-corrected chi connectivity index (χ4v) is 1.81. The molecule has 0 aromatic heterocycles. The van der Waals surface area contributed by atoms with Crippen LogP contribution in [0.15, 0.2) is 48.6 Å². The monoisotopic (exact) mass is 198 g/mol. The molecule has 0 heterocycles. The van der Waals surface area contributed by atoms with Crippen LogP contribution in [0.1, 0.15) is 12.5 Å². The van der Waals surface area contributed by atoms with Crippen LogP contribution < -0.4 is 0 Å². The highest BCUT2D eigenvalue weighted by Gasteiger charge is 2.06. The molecule has 0 aliphatic carbocycles. The summed E-state index contributed by atoms with van der Waals surface area (Å²) in [4.78, 5) is 0. The lowest BCUT2D eigenvalue weighted by atomic mass is 9.99. The van der Waals surface area contributed by atoms with Crippen molar-refractivity contribution in [3.8, 4) is 5.75 Å². The molecule has 0 fully saturated rings. The van der Waals surface area contributed by atoms with Gasteiger partial charge < -0.3 is 5.11 Å². The third-order valence-corrected chi connectivity index (χ3v) is 2.49. The van der Waals surface area contributed by atoms with E-state index in [1.165, 1.54) is 0 Å². The van der Waals surface area contributed by atoms with Crippen molar-refractivity contribution in [3.63, 3.8) is 0 Å². The van der Waals surface area contributed by atoms with E-state index in [0.29, 0.717) is 5.75 Å². The van der Waals surface area contributed by atoms with Crippen LogP contribution in [0.25, 0.3) is 10.8 Å². The largest absolute Gasteiger partial charge is 0.508 e. The van der Waals surface area contributed by atoms with Gasteiger partial charge in [0.25, 0.3) is 0 Å². The molecular weight excluding hydrogens is 184 g/mol. The highest BCUT2D eigenvalue weighted by Crippen LogP contribution is 2.28. The molecule has 0 saturated carbocycles. The predicted octanol–water partition coefficient (Wildman–Crippen LogP) is 3.66. The second-order valence-corrected chi connectivity index (χ2v) is 3.92. The quantitative estimate of drug-likeness (QED) is 0.730. The Morgan fingerprint density at radius 1 is 1.20 bits per heavy atom. The van der Waals surface area contributed by atoms with E-state index in [2.05, 4.69) is 12.6 Å². The van der Waals surface area contributed by atoms with E-state index in [0.717, 1.165) is 28.3 Å². The summed E-state index contributed by atoms with van der Waals surface area (Å²) in [5.41, 5.74) is 2.03. The molecule has 0 unspecified atom stereocenters. The van der Waals surface area contributed by atoms with E-state index in [1.807, 2.05) is 31.2 Å². The number of fused-ring (bicyclic) bond motifs is 1. The van der Waals surface area contributed by atoms with Crippen molar-refractivity contribution in [3.05, 3.63) is 54.1 Å². The maximum Gasteiger partial charge on any atom is 0.119 e. The molecule has 0 bridgehead atoms. The molecule has 0 aliphatic heterocycles. The number of allylic oxidation sites excluding steroid dienone is 1. The van der Waals surface area contributed by atoms with Crippen molar-refractivity contribution < 1.29 is 5.11 Å². The fourth-order valence-electron chi connectivity index (χ4n) is 1.81. The van der Waals surface area contributed by atoms with Crippen LogP contribution in [-0.2, 0) is 6.42 Å². The topological polar surface area (TPSA) is 20.2 Å². The summed E-state index contributed by atoms with van der Waals surface area (Å²) in [6, 6.07) is 11.8. The average molecular weight is 198 g/mol. The lowest BCUT2D eigenvalue weighted by molar-refractivity contribution is 0.470. The Labute approximate surface area is 89.7 Å². The lowest BCUT2D eigenvalue weighted by Gasteiger charge is -2.08. The van der Waals surface area contributed by atoms with Crippen molar-refractivity contribution in [2.24, 2.45) is 0 Å². The number of hydrogen-bond acceptors (Lipinski definition) is 1. The van der Waals surface area contributed by atoms with Gasteiger partial charge in [-0.2, -0.15) is 0 Å². The zero-order valence-corrected chi connectivity index (χ0v) is 8.83. The number of rotatable bonds is 2. The van der Waals surface area contributed by atoms with E-state index < -0.39 is 0 Å². The first-order valence-electron chi connectivity index (χ1n) is 5.02. The summed E-state index contributed by atoms with van der Waals surface area (Å²) in [5.74, 6) is 0.358. The summed E-state index contributed by atoms with van der Waals surface area (Å²) in [5, 5.41) is 12.1. The normalized spacial score (nSPS) is 10.5. The van der Waals surface area contributed by atoms with Gasteiger partial charge in [-0.3, -0.25) is 0 Å². The molecular formula is C14H14O. The first kappa shape index (κ1) is 9.78. The van der Waals surface area contributed by atoms with Crippen LogP contribution in [0.2, 0.25) is 0 Å². The second kappa shape index (κ2) is 3.77. The zero-order valence-electron chi connectivity index (χ0n) is 8.83. The standard InChI is InChI=1S/C14H14O/c1-10(2)9-13-12-6-4-3-5-11(12)7-8-14(13)15/h3-8,15H,1,9H2,2H3. The van der Waals surface area contributed by atoms with Crippen molar-refractivity contribution in [1.82, 2.24) is 0 Å². The first-order valence-corrected chi connectivity index (χ1v) is 5.02. The molecule has 0 aliphatic rings. The summed E-state index contributed by atoms with van der Waals surface area (Å²) in [6.07, 6.45) is 0.729. The van der Waals surface area contributed by atoms with Gasteiger partial charge in [0, 0.05) is 5.56 Å². The van der Waals surface area contributed by atoms with Gasteiger partial charge in [-0.25, -0.2) is 0 Å². The molecule has 1 nitrogen and oxygen atoms in total. The van der Waals surface area contributed by atoms with Gasteiger partial charge in [0.15, 0.2) is 0 Å². The van der Waals surface area contributed by atoms with Crippen LogP contribution in [0.4, 0.5) is 0 Å². The summed E-state index contributed by atoms with van der Waals surface area (Å²) < 4.78 is 0. The van der Waals surface area contributed by atoms with E-state index >= 15 is 0 Å². The van der Waals surface area contributed by atoms with Gasteiger partial charge in [0.2, 0.25) is 0 Å². The van der Waals surface area contributed by atoms with Crippen molar-refractivity contribution in [2.75, 3.05) is 0 Å². The molecule has 1 N–H and O–H groups in total. The summed E-state index contributed by atoms with van der Waals surface area (Å²) in [6.45, 7) is 5.86. The van der Waals surface area contributed by atoms with Crippen molar-refractivity contribution in [2.45, 2.75) is 13.3 Å². The van der Waals surface area contributed by atoms with Gasteiger partial charge in [-0.05, 0) is 30.2 Å². The molecule has 0 saturated heterocycles. The molecule has 2 aromatic rings. The summed E-state index contributed by atoms with van der Waals surface area (Å²) in [7, 11) is 0. The maximum absolute atomic E-state index is 9.82. The Morgan fingerprint density at radius 3 is 2.67 bits per heavy atom. The zero-order chi connectivity index (χ0) is 10.8. The highest BCUT2D eigenvalue weighted by atomic mass is 16.3. The molecule has 1 heteroatoms. The molecule has 76 valence electrons. The van der Waals surface area contributed by atoms with Crippen molar-refractivity contribution in [1.29, 1.82) is 0 Å². The molecule has 0 atom stereocenters. The Bertz CT molecular complexity index is 512. The Kier molecular flexibility index (Phi) is 2.46. The molecule has 0 amide bonds. The average Bonchev–Trinajstić information content (AvgIpc) is 2.22. The van der Waals surface area contributed by atoms with E-state index in [9.17, 15) is 5.11 Å². The predicted molar refractivity (Wildman–Crippen MR) is 64.1 cm³/mol. The van der Waals surface area contributed by atoms with Gasteiger partial charge in [-0.1, -0.05) is 42.5 Å². The maximum atomic E-state index is 9.82. The first-order chi connectivity index (χ1) is 7.18. The van der Waals surface area contributed by atoms with Gasteiger partial charge in [0.1, 0.15) is 5.75 Å². The van der Waals surface area contributed by atoms with E-state index in [-0.39, 0.29) is 0 Å². The van der Waals surface area contributed by atoms with Crippen LogP contribution in [0, 0.1) is 0 Å². The highest BCUT2D eigenvalue weighted by molar-refractivity contribution is 5.87. The lowest BCUT2D eigenvalue weighted by Crippen LogP contribution is -1.89. The number of phenolic OH excluding ortho intramolecular Hbond substituents is 1. The van der Waals surface area contributed by atoms with Crippen LogP contribution in [0.5, 0.6) is 5.75 Å². The molecule has 2 rings (SSSR count). The number of benzene rings is 2. The fraction of sp³-hybridized carbons (Fsp3) is 0.143. The number of phenols is 1. The Balaban J connectivity index is 2.68. The minimum Gasteiger partial charge on any atom is -0.508 e. The number of hydrogen-bond donors (Lipinski definition) is 1. The molecule has 2 aromatic carbocycles. The van der Waals surface area contributed by atoms with Gasteiger partial charge >= 0.3 is 0 Å². The third kappa shape index (κ3) is 1.86. The van der Waals surface area contributed by atoms with Gasteiger partial charge in [0.05, 0.1) is 0 Å². The molecule has 0 spiro atoms. The Hall–Kier alpha value is -1.76. The van der Waals surface area contributed by atoms with Crippen LogP contribution >= 0.6 is 0 Å². The second-order valence-electron chi connectivity index (χ2n) is 3.92. The van der Waals surface area contributed by atoms with Crippen LogP contribution in [-0.4, -0.2) is 5.11 Å². The minimum atomic E-state index is 0.358. The minimum absolute atomic E-state index is 0.358. The molecule has 15 heavy (non-hydrogen) atoms. The van der Waals surface area contributed by atoms with Gasteiger partial charge in [-0.15, -0.1) is 0 Å². The summed E-state index contributed by atoms with van der Waals surface area (Å²) >= 11 is 0. The van der Waals surface area contributed by atoms with E-state index in [1.54, 1.807) is 6.07 Å².